The van der Waals surface area contributed by atoms with Gasteiger partial charge in [-0.05, 0) is 43.1 Å². The summed E-state index contributed by atoms with van der Waals surface area (Å²) in [6.45, 7) is 0. The van der Waals surface area contributed by atoms with Gasteiger partial charge in [-0.2, -0.15) is 0 Å². The van der Waals surface area contributed by atoms with E-state index in [1.54, 1.807) is 11.8 Å². The maximum atomic E-state index is 11.7. The Kier molecular flexibility index (Phi) is 5.15. The molecule has 0 aromatic heterocycles. The molecule has 1 fully saturated rings. The van der Waals surface area contributed by atoms with Crippen molar-refractivity contribution in [1.82, 2.24) is 0 Å². The Hall–Kier alpha value is -0.520. The van der Waals surface area contributed by atoms with E-state index in [2.05, 4.69) is 0 Å². The van der Waals surface area contributed by atoms with E-state index in [4.69, 9.17) is 0 Å². The highest BCUT2D eigenvalue weighted by atomic mass is 32.2. The van der Waals surface area contributed by atoms with Gasteiger partial charge >= 0.3 is 0 Å². The average molecular weight is 314 g/mol. The Morgan fingerprint density at radius 2 is 2.00 bits per heavy atom. The lowest BCUT2D eigenvalue weighted by Gasteiger charge is -2.32. The van der Waals surface area contributed by atoms with Crippen LogP contribution >= 0.6 is 11.8 Å². The third kappa shape index (κ3) is 3.57. The fourth-order valence-corrected chi connectivity index (χ4v) is 4.85. The van der Waals surface area contributed by atoms with E-state index < -0.39 is 15.9 Å². The molecule has 0 radical (unpaired) electrons. The Balaban J connectivity index is 2.18. The molecule has 3 nitrogen and oxygen atoms in total. The summed E-state index contributed by atoms with van der Waals surface area (Å²) < 4.78 is 23.5. The van der Waals surface area contributed by atoms with Crippen molar-refractivity contribution in [2.45, 2.75) is 41.9 Å². The van der Waals surface area contributed by atoms with E-state index >= 15 is 0 Å². The summed E-state index contributed by atoms with van der Waals surface area (Å²) in [5.41, 5.74) is 0.930. The zero-order valence-electron chi connectivity index (χ0n) is 12.0. The topological polar surface area (TPSA) is 54.4 Å². The van der Waals surface area contributed by atoms with Crippen LogP contribution in [-0.2, 0) is 9.84 Å². The summed E-state index contributed by atoms with van der Waals surface area (Å²) in [5, 5.41) is 10.3. The molecule has 112 valence electrons. The van der Waals surface area contributed by atoms with Gasteiger partial charge in [0.1, 0.15) is 9.84 Å². The van der Waals surface area contributed by atoms with Crippen LogP contribution < -0.4 is 0 Å². The van der Waals surface area contributed by atoms with Crippen LogP contribution in [-0.4, -0.2) is 31.3 Å². The van der Waals surface area contributed by atoms with Crippen molar-refractivity contribution in [3.8, 4) is 0 Å². The Bertz CT molecular complexity index is 554. The van der Waals surface area contributed by atoms with Crippen molar-refractivity contribution < 1.29 is 13.5 Å². The zero-order chi connectivity index (χ0) is 14.8. The first-order valence-electron chi connectivity index (χ1n) is 6.93. The number of benzene rings is 1. The summed E-state index contributed by atoms with van der Waals surface area (Å²) >= 11 is 1.62. The third-order valence-electron chi connectivity index (χ3n) is 4.18. The van der Waals surface area contributed by atoms with Gasteiger partial charge in [-0.1, -0.05) is 24.6 Å². The van der Waals surface area contributed by atoms with Gasteiger partial charge in [0.05, 0.1) is 11.4 Å². The van der Waals surface area contributed by atoms with Crippen LogP contribution in [0.4, 0.5) is 0 Å². The summed E-state index contributed by atoms with van der Waals surface area (Å²) in [7, 11) is -3.01. The Morgan fingerprint density at radius 3 is 2.65 bits per heavy atom. The van der Waals surface area contributed by atoms with Gasteiger partial charge in [0, 0.05) is 11.2 Å². The van der Waals surface area contributed by atoms with Gasteiger partial charge in [0.15, 0.2) is 0 Å². The van der Waals surface area contributed by atoms with Crippen molar-refractivity contribution in [3.63, 3.8) is 0 Å². The zero-order valence-corrected chi connectivity index (χ0v) is 13.6. The lowest BCUT2D eigenvalue weighted by atomic mass is 9.82. The number of hydrogen-bond acceptors (Lipinski definition) is 4. The quantitative estimate of drug-likeness (QED) is 0.868. The predicted octanol–water partition coefficient (Wildman–Crippen LogP) is 3.05. The van der Waals surface area contributed by atoms with Gasteiger partial charge in [-0.15, -0.1) is 11.8 Å². The molecule has 1 aliphatic rings. The standard InChI is InChI=1S/C15H22O3S2/c1-19-14-9-4-3-8-13(14)15(16)11-6-5-7-12(10-11)20(2,17)18/h3-4,8-9,11-12,15-16H,5-7,10H2,1-2H3. The molecule has 0 heterocycles. The highest BCUT2D eigenvalue weighted by molar-refractivity contribution is 7.98. The minimum Gasteiger partial charge on any atom is -0.388 e. The van der Waals surface area contributed by atoms with E-state index in [0.717, 1.165) is 29.7 Å². The molecule has 5 heteroatoms. The maximum Gasteiger partial charge on any atom is 0.150 e. The molecule has 1 saturated carbocycles. The lowest BCUT2D eigenvalue weighted by molar-refractivity contribution is 0.0835. The summed E-state index contributed by atoms with van der Waals surface area (Å²) in [4.78, 5) is 1.07. The van der Waals surface area contributed by atoms with Crippen LogP contribution in [0.2, 0.25) is 0 Å². The van der Waals surface area contributed by atoms with Gasteiger partial charge in [0.25, 0.3) is 0 Å². The smallest absolute Gasteiger partial charge is 0.150 e. The summed E-state index contributed by atoms with van der Waals surface area (Å²) in [6, 6.07) is 7.83. The molecule has 0 spiro atoms. The second-order valence-electron chi connectivity index (χ2n) is 5.57. The Labute approximate surface area is 125 Å². The largest absolute Gasteiger partial charge is 0.388 e. The van der Waals surface area contributed by atoms with Crippen molar-refractivity contribution >= 4 is 21.6 Å². The van der Waals surface area contributed by atoms with Crippen molar-refractivity contribution in [2.75, 3.05) is 12.5 Å². The number of sulfone groups is 1. The molecule has 0 saturated heterocycles. The normalized spacial score (nSPS) is 25.4. The maximum absolute atomic E-state index is 11.7. The number of thioether (sulfide) groups is 1. The molecule has 1 N–H and O–H groups in total. The predicted molar refractivity (Wildman–Crippen MR) is 83.8 cm³/mol. The molecular formula is C15H22O3S2. The van der Waals surface area contributed by atoms with Gasteiger partial charge in [-0.25, -0.2) is 8.42 Å². The first kappa shape index (κ1) is 15.9. The molecular weight excluding hydrogens is 292 g/mol. The fraction of sp³-hybridized carbons (Fsp3) is 0.600. The molecule has 0 aliphatic heterocycles. The minimum atomic E-state index is -3.01. The molecule has 1 aromatic rings. The van der Waals surface area contributed by atoms with E-state index in [1.807, 2.05) is 30.5 Å². The number of aliphatic hydroxyl groups is 1. The Morgan fingerprint density at radius 1 is 1.30 bits per heavy atom. The van der Waals surface area contributed by atoms with Crippen LogP contribution in [0.5, 0.6) is 0 Å². The van der Waals surface area contributed by atoms with E-state index in [0.29, 0.717) is 6.42 Å². The fourth-order valence-electron chi connectivity index (χ4n) is 3.02. The average Bonchev–Trinajstić information content (AvgIpc) is 2.45. The summed E-state index contributed by atoms with van der Waals surface area (Å²) in [5.74, 6) is 0.0387. The van der Waals surface area contributed by atoms with E-state index in [-0.39, 0.29) is 11.2 Å². The lowest BCUT2D eigenvalue weighted by Crippen LogP contribution is -2.30. The summed E-state index contributed by atoms with van der Waals surface area (Å²) in [6.07, 6.45) is 5.81. The highest BCUT2D eigenvalue weighted by Gasteiger charge is 2.33. The molecule has 3 unspecified atom stereocenters. The molecule has 1 aliphatic carbocycles. The first-order chi connectivity index (χ1) is 9.43. The van der Waals surface area contributed by atoms with Gasteiger partial charge < -0.3 is 5.11 Å². The number of hydrogen-bond donors (Lipinski definition) is 1. The van der Waals surface area contributed by atoms with E-state index in [9.17, 15) is 13.5 Å². The second kappa shape index (κ2) is 6.50. The molecule has 2 rings (SSSR count). The molecule has 0 bridgehead atoms. The SMILES string of the molecule is CSc1ccccc1C(O)C1CCCC(S(C)(=O)=O)C1. The third-order valence-corrected chi connectivity index (χ3v) is 6.63. The van der Waals surface area contributed by atoms with Crippen molar-refractivity contribution in [1.29, 1.82) is 0 Å². The van der Waals surface area contributed by atoms with Crippen LogP contribution in [0.1, 0.15) is 37.4 Å². The van der Waals surface area contributed by atoms with E-state index in [1.165, 1.54) is 6.26 Å². The second-order valence-corrected chi connectivity index (χ2v) is 8.74. The van der Waals surface area contributed by atoms with Crippen LogP contribution in [0.3, 0.4) is 0 Å². The molecule has 3 atom stereocenters. The minimum absolute atomic E-state index is 0.0387. The molecule has 20 heavy (non-hydrogen) atoms. The molecule has 0 amide bonds. The van der Waals surface area contributed by atoms with Crippen molar-refractivity contribution in [2.24, 2.45) is 5.92 Å². The van der Waals surface area contributed by atoms with Crippen LogP contribution in [0.15, 0.2) is 29.2 Å². The number of rotatable bonds is 4. The van der Waals surface area contributed by atoms with Crippen molar-refractivity contribution in [3.05, 3.63) is 29.8 Å². The van der Waals surface area contributed by atoms with Crippen LogP contribution in [0, 0.1) is 5.92 Å². The molecule has 1 aromatic carbocycles. The monoisotopic (exact) mass is 314 g/mol. The van der Waals surface area contributed by atoms with Crippen LogP contribution in [0.25, 0.3) is 0 Å². The van der Waals surface area contributed by atoms with Gasteiger partial charge in [0.2, 0.25) is 0 Å². The highest BCUT2D eigenvalue weighted by Crippen LogP contribution is 2.39. The number of aliphatic hydroxyl groups excluding tert-OH is 1. The first-order valence-corrected chi connectivity index (χ1v) is 10.1. The van der Waals surface area contributed by atoms with Gasteiger partial charge in [-0.3, -0.25) is 0 Å².